The highest BCUT2D eigenvalue weighted by Gasteiger charge is 2.13. The first-order valence-corrected chi connectivity index (χ1v) is 5.71. The molecule has 0 saturated heterocycles. The van der Waals surface area contributed by atoms with Crippen LogP contribution in [0.25, 0.3) is 10.9 Å². The first kappa shape index (κ1) is 11.9. The van der Waals surface area contributed by atoms with Crippen molar-refractivity contribution in [3.63, 3.8) is 0 Å². The number of carbonyl (C=O) groups is 1. The number of pyridine rings is 1. The predicted molar refractivity (Wildman–Crippen MR) is 67.7 cm³/mol. The van der Waals surface area contributed by atoms with E-state index < -0.39 is 5.97 Å². The van der Waals surface area contributed by atoms with Gasteiger partial charge >= 0.3 is 5.97 Å². The third-order valence-corrected chi connectivity index (χ3v) is 3.51. The van der Waals surface area contributed by atoms with Gasteiger partial charge in [-0.1, -0.05) is 6.07 Å². The topological polar surface area (TPSA) is 59.4 Å². The van der Waals surface area contributed by atoms with Crippen LogP contribution in [0, 0.1) is 6.92 Å². The van der Waals surface area contributed by atoms with Crippen LogP contribution in [0.1, 0.15) is 16.1 Å². The van der Waals surface area contributed by atoms with Crippen LogP contribution in [0.5, 0.6) is 5.75 Å². The number of ether oxygens (including phenoxy) is 1. The molecule has 1 N–H and O–H groups in total. The second-order valence-electron chi connectivity index (χ2n) is 3.61. The molecule has 1 aromatic carbocycles. The summed E-state index contributed by atoms with van der Waals surface area (Å²) >= 11 is 3.42. The van der Waals surface area contributed by atoms with E-state index in [0.29, 0.717) is 11.3 Å². The Morgan fingerprint density at radius 3 is 2.76 bits per heavy atom. The van der Waals surface area contributed by atoms with Crippen molar-refractivity contribution in [1.82, 2.24) is 4.98 Å². The zero-order chi connectivity index (χ0) is 12.6. The van der Waals surface area contributed by atoms with Crippen LogP contribution in [-0.4, -0.2) is 23.2 Å². The molecule has 0 aliphatic rings. The Morgan fingerprint density at radius 1 is 1.47 bits per heavy atom. The van der Waals surface area contributed by atoms with Gasteiger partial charge in [-0.05, 0) is 34.5 Å². The third kappa shape index (κ3) is 1.98. The number of benzene rings is 1. The van der Waals surface area contributed by atoms with Gasteiger partial charge in [0.05, 0.1) is 12.6 Å². The monoisotopic (exact) mass is 295 g/mol. The molecule has 2 aromatic rings. The normalized spacial score (nSPS) is 10.5. The number of halogens is 1. The van der Waals surface area contributed by atoms with Gasteiger partial charge < -0.3 is 9.84 Å². The number of aryl methyl sites for hydroxylation is 1. The Morgan fingerprint density at radius 2 is 2.18 bits per heavy atom. The van der Waals surface area contributed by atoms with Crippen molar-refractivity contribution in [1.29, 1.82) is 0 Å². The predicted octanol–water partition coefficient (Wildman–Crippen LogP) is 3.01. The fraction of sp³-hybridized carbons (Fsp3) is 0.167. The summed E-state index contributed by atoms with van der Waals surface area (Å²) in [6.07, 6.45) is 0. The van der Waals surface area contributed by atoms with Gasteiger partial charge in [-0.25, -0.2) is 9.78 Å². The Bertz CT molecular complexity index is 610. The summed E-state index contributed by atoms with van der Waals surface area (Å²) in [5, 5.41) is 9.78. The summed E-state index contributed by atoms with van der Waals surface area (Å²) < 4.78 is 5.98. The van der Waals surface area contributed by atoms with Gasteiger partial charge in [-0.2, -0.15) is 0 Å². The summed E-state index contributed by atoms with van der Waals surface area (Å²) in [5.41, 5.74) is 1.57. The summed E-state index contributed by atoms with van der Waals surface area (Å²) in [7, 11) is 1.51. The van der Waals surface area contributed by atoms with Crippen molar-refractivity contribution >= 4 is 32.8 Å². The van der Waals surface area contributed by atoms with Crippen LogP contribution in [-0.2, 0) is 0 Å². The first-order valence-electron chi connectivity index (χ1n) is 4.91. The Hall–Kier alpha value is -1.62. The summed E-state index contributed by atoms with van der Waals surface area (Å²) in [5.74, 6) is -0.563. The van der Waals surface area contributed by atoms with Gasteiger partial charge in [0, 0.05) is 15.9 Å². The second kappa shape index (κ2) is 4.33. The molecule has 1 heterocycles. The van der Waals surface area contributed by atoms with Crippen molar-refractivity contribution in [2.24, 2.45) is 0 Å². The van der Waals surface area contributed by atoms with Crippen LogP contribution < -0.4 is 4.74 Å². The molecule has 0 fully saturated rings. The minimum atomic E-state index is -1.07. The van der Waals surface area contributed by atoms with E-state index in [9.17, 15) is 4.79 Å². The van der Waals surface area contributed by atoms with E-state index in [0.717, 1.165) is 15.4 Å². The number of hydrogen-bond acceptors (Lipinski definition) is 3. The van der Waals surface area contributed by atoms with Gasteiger partial charge in [0.1, 0.15) is 5.75 Å². The quantitative estimate of drug-likeness (QED) is 0.925. The Balaban J connectivity index is 2.88. The number of aromatic nitrogens is 1. The van der Waals surface area contributed by atoms with Gasteiger partial charge in [0.25, 0.3) is 0 Å². The molecular weight excluding hydrogens is 286 g/mol. The molecule has 0 bridgehead atoms. The van der Waals surface area contributed by atoms with Crippen LogP contribution in [0.15, 0.2) is 22.7 Å². The standard InChI is InChI=1S/C12H10BrNO3/c1-6-3-4-7-9(17-2)5-8(12(15)16)14-11(7)10(6)13/h3-5H,1-2H3,(H,15,16). The van der Waals surface area contributed by atoms with Crippen LogP contribution in [0.3, 0.4) is 0 Å². The molecule has 0 unspecified atom stereocenters. The van der Waals surface area contributed by atoms with Gasteiger partial charge in [0.2, 0.25) is 0 Å². The molecule has 0 spiro atoms. The molecule has 0 amide bonds. The van der Waals surface area contributed by atoms with Crippen LogP contribution in [0.2, 0.25) is 0 Å². The lowest BCUT2D eigenvalue weighted by atomic mass is 10.1. The van der Waals surface area contributed by atoms with Crippen LogP contribution >= 0.6 is 15.9 Å². The zero-order valence-corrected chi connectivity index (χ0v) is 10.9. The molecule has 5 heteroatoms. The first-order chi connectivity index (χ1) is 8.04. The minimum absolute atomic E-state index is 0.0272. The molecule has 0 aliphatic carbocycles. The van der Waals surface area contributed by atoms with Crippen molar-refractivity contribution in [3.05, 3.63) is 33.9 Å². The number of fused-ring (bicyclic) bond motifs is 1. The summed E-state index contributed by atoms with van der Waals surface area (Å²) in [4.78, 5) is 15.1. The van der Waals surface area contributed by atoms with E-state index >= 15 is 0 Å². The highest BCUT2D eigenvalue weighted by molar-refractivity contribution is 9.10. The average molecular weight is 296 g/mol. The molecule has 88 valence electrons. The SMILES string of the molecule is COc1cc(C(=O)O)nc2c(Br)c(C)ccc12. The minimum Gasteiger partial charge on any atom is -0.496 e. The molecular formula is C12H10BrNO3. The molecule has 1 aromatic heterocycles. The lowest BCUT2D eigenvalue weighted by molar-refractivity contribution is 0.0690. The average Bonchev–Trinajstić information content (AvgIpc) is 2.32. The van der Waals surface area contributed by atoms with Crippen molar-refractivity contribution in [2.75, 3.05) is 7.11 Å². The molecule has 0 atom stereocenters. The van der Waals surface area contributed by atoms with E-state index in [1.165, 1.54) is 13.2 Å². The number of carboxylic acid groups (broad SMARTS) is 1. The Kier molecular flexibility index (Phi) is 3.02. The van der Waals surface area contributed by atoms with E-state index in [2.05, 4.69) is 20.9 Å². The second-order valence-corrected chi connectivity index (χ2v) is 4.40. The van der Waals surface area contributed by atoms with Gasteiger partial charge in [-0.15, -0.1) is 0 Å². The van der Waals surface area contributed by atoms with Crippen molar-refractivity contribution in [3.8, 4) is 5.75 Å². The van der Waals surface area contributed by atoms with E-state index in [1.54, 1.807) is 0 Å². The molecule has 4 nitrogen and oxygen atoms in total. The third-order valence-electron chi connectivity index (χ3n) is 2.51. The number of nitrogens with zero attached hydrogens (tertiary/aromatic N) is 1. The largest absolute Gasteiger partial charge is 0.496 e. The maximum atomic E-state index is 11.0. The Labute approximate surface area is 106 Å². The summed E-state index contributed by atoms with van der Waals surface area (Å²) in [6, 6.07) is 5.22. The van der Waals surface area contributed by atoms with E-state index in [1.807, 2.05) is 19.1 Å². The van der Waals surface area contributed by atoms with Gasteiger partial charge in [-0.3, -0.25) is 0 Å². The van der Waals surface area contributed by atoms with E-state index in [4.69, 9.17) is 9.84 Å². The molecule has 2 rings (SSSR count). The fourth-order valence-electron chi connectivity index (χ4n) is 1.61. The van der Waals surface area contributed by atoms with Crippen molar-refractivity contribution in [2.45, 2.75) is 6.92 Å². The number of rotatable bonds is 2. The molecule has 0 saturated carbocycles. The molecule has 17 heavy (non-hydrogen) atoms. The maximum Gasteiger partial charge on any atom is 0.354 e. The number of carboxylic acids is 1. The van der Waals surface area contributed by atoms with Crippen molar-refractivity contribution < 1.29 is 14.6 Å². The highest BCUT2D eigenvalue weighted by Crippen LogP contribution is 2.32. The zero-order valence-electron chi connectivity index (χ0n) is 9.32. The fourth-order valence-corrected chi connectivity index (χ4v) is 2.04. The number of aromatic carboxylic acids is 1. The lowest BCUT2D eigenvalue weighted by Crippen LogP contribution is -2.02. The lowest BCUT2D eigenvalue weighted by Gasteiger charge is -2.09. The molecule has 0 aliphatic heterocycles. The molecule has 0 radical (unpaired) electrons. The van der Waals surface area contributed by atoms with E-state index in [-0.39, 0.29) is 5.69 Å². The highest BCUT2D eigenvalue weighted by atomic mass is 79.9. The smallest absolute Gasteiger partial charge is 0.354 e. The number of hydrogen-bond donors (Lipinski definition) is 1. The summed E-state index contributed by atoms with van der Waals surface area (Å²) in [6.45, 7) is 1.92. The van der Waals surface area contributed by atoms with Gasteiger partial charge in [0.15, 0.2) is 5.69 Å². The number of methoxy groups -OCH3 is 1. The maximum absolute atomic E-state index is 11.0. The van der Waals surface area contributed by atoms with Crippen LogP contribution in [0.4, 0.5) is 0 Å².